The molecule has 9 heteroatoms. The number of halogens is 1. The largest absolute Gasteiger partial charge is 0.382 e. The third kappa shape index (κ3) is 9.22. The number of sulfonamides is 1. The zero-order chi connectivity index (χ0) is 19.4. The van der Waals surface area contributed by atoms with E-state index in [0.29, 0.717) is 16.4 Å². The predicted molar refractivity (Wildman–Crippen MR) is 121 cm³/mol. The molecule has 0 saturated heterocycles. The zero-order valence-corrected chi connectivity index (χ0v) is 19.8. The maximum atomic E-state index is 12.5. The summed E-state index contributed by atoms with van der Waals surface area (Å²) in [6.07, 6.45) is 1.97. The van der Waals surface area contributed by atoms with Crippen molar-refractivity contribution >= 4 is 40.0 Å². The number of nitrogens with zero attached hydrogens (tertiary/aromatic N) is 2. The predicted octanol–water partition coefficient (Wildman–Crippen LogP) is 2.43. The van der Waals surface area contributed by atoms with E-state index in [9.17, 15) is 8.42 Å². The van der Waals surface area contributed by atoms with Crippen molar-refractivity contribution in [3.05, 3.63) is 29.8 Å². The summed E-state index contributed by atoms with van der Waals surface area (Å²) in [4.78, 5) is 4.82. The number of nitrogens with one attached hydrogen (secondary N) is 2. The van der Waals surface area contributed by atoms with Gasteiger partial charge in [-0.1, -0.05) is 18.2 Å². The van der Waals surface area contributed by atoms with Crippen molar-refractivity contribution in [2.75, 3.05) is 40.4 Å². The van der Waals surface area contributed by atoms with Crippen molar-refractivity contribution in [3.63, 3.8) is 0 Å². The highest BCUT2D eigenvalue weighted by molar-refractivity contribution is 14.0. The molecule has 0 spiro atoms. The Balaban J connectivity index is 0.00000676. The van der Waals surface area contributed by atoms with Crippen LogP contribution < -0.4 is 10.6 Å². The van der Waals surface area contributed by atoms with E-state index in [0.717, 1.165) is 39.1 Å². The third-order valence-electron chi connectivity index (χ3n) is 3.69. The number of ether oxygens (including phenoxy) is 1. The Morgan fingerprint density at radius 3 is 2.48 bits per heavy atom. The second-order valence-corrected chi connectivity index (χ2v) is 8.04. The highest BCUT2D eigenvalue weighted by Crippen LogP contribution is 2.19. The molecule has 0 aromatic heterocycles. The van der Waals surface area contributed by atoms with Crippen LogP contribution >= 0.6 is 24.0 Å². The molecule has 0 aliphatic rings. The molecule has 0 aliphatic heterocycles. The first-order chi connectivity index (χ1) is 12.4. The summed E-state index contributed by atoms with van der Waals surface area (Å²) in [5.41, 5.74) is 0.676. The van der Waals surface area contributed by atoms with E-state index in [4.69, 9.17) is 4.74 Å². The van der Waals surface area contributed by atoms with Gasteiger partial charge in [-0.2, -0.15) is 0 Å². The normalized spacial score (nSPS) is 12.0. The number of unbranched alkanes of at least 4 members (excludes halogenated alkanes) is 1. The molecular formula is C18H33IN4O3S. The van der Waals surface area contributed by atoms with Gasteiger partial charge in [-0.25, -0.2) is 17.7 Å². The fourth-order valence-corrected chi connectivity index (χ4v) is 3.38. The van der Waals surface area contributed by atoms with E-state index in [2.05, 4.69) is 15.6 Å². The van der Waals surface area contributed by atoms with Gasteiger partial charge in [-0.15, -0.1) is 24.0 Å². The molecule has 1 aromatic carbocycles. The Hall–Kier alpha value is -0.910. The Kier molecular flexibility index (Phi) is 13.7. The van der Waals surface area contributed by atoms with Crippen LogP contribution in [0.3, 0.4) is 0 Å². The molecule has 2 N–H and O–H groups in total. The van der Waals surface area contributed by atoms with Gasteiger partial charge in [0.05, 0.1) is 11.4 Å². The first-order valence-corrected chi connectivity index (χ1v) is 10.5. The summed E-state index contributed by atoms with van der Waals surface area (Å²) in [5.74, 6) is 0.681. The van der Waals surface area contributed by atoms with E-state index in [1.54, 1.807) is 18.2 Å². The summed E-state index contributed by atoms with van der Waals surface area (Å²) in [7, 11) is -0.426. The third-order valence-corrected chi connectivity index (χ3v) is 5.61. The second-order valence-electron chi connectivity index (χ2n) is 5.92. The molecule has 0 heterocycles. The van der Waals surface area contributed by atoms with Gasteiger partial charge in [0.15, 0.2) is 5.96 Å². The fraction of sp³-hybridized carbons (Fsp3) is 0.611. The van der Waals surface area contributed by atoms with Crippen molar-refractivity contribution in [2.45, 2.75) is 38.1 Å². The monoisotopic (exact) mass is 512 g/mol. The van der Waals surface area contributed by atoms with Crippen molar-refractivity contribution in [2.24, 2.45) is 4.99 Å². The topological polar surface area (TPSA) is 83.0 Å². The van der Waals surface area contributed by atoms with Crippen LogP contribution in [0.25, 0.3) is 0 Å². The van der Waals surface area contributed by atoms with Gasteiger partial charge in [-0.05, 0) is 38.3 Å². The summed E-state index contributed by atoms with van der Waals surface area (Å²) < 4.78 is 31.5. The van der Waals surface area contributed by atoms with Gasteiger partial charge in [0, 0.05) is 40.4 Å². The number of hydrogen-bond acceptors (Lipinski definition) is 4. The Labute approximate surface area is 181 Å². The quantitative estimate of drug-likeness (QED) is 0.206. The summed E-state index contributed by atoms with van der Waals surface area (Å²) in [6.45, 7) is 7.31. The summed E-state index contributed by atoms with van der Waals surface area (Å²) in [6, 6.07) is 6.97. The molecule has 27 heavy (non-hydrogen) atoms. The van der Waals surface area contributed by atoms with Crippen molar-refractivity contribution in [1.29, 1.82) is 0 Å². The summed E-state index contributed by atoms with van der Waals surface area (Å²) >= 11 is 0. The molecule has 156 valence electrons. The number of hydrogen-bond donors (Lipinski definition) is 2. The standard InChI is InChI=1S/C18H32N4O3S.HI/c1-5-19-18(20-13-9-10-14-25-6-2)21-15-16-11-7-8-12-17(16)26(23,24)22(3)4;/h7-8,11-12H,5-6,9-10,13-15H2,1-4H3,(H2,19,20,21);1H. The minimum Gasteiger partial charge on any atom is -0.382 e. The number of guanidine groups is 1. The number of aliphatic imine (C=N–C) groups is 1. The van der Waals surface area contributed by atoms with Crippen LogP contribution in [0, 0.1) is 0 Å². The van der Waals surface area contributed by atoms with Gasteiger partial charge in [0.2, 0.25) is 10.0 Å². The molecule has 0 bridgehead atoms. The molecule has 0 fully saturated rings. The molecule has 0 unspecified atom stereocenters. The van der Waals surface area contributed by atoms with Gasteiger partial charge in [0.25, 0.3) is 0 Å². The lowest BCUT2D eigenvalue weighted by Crippen LogP contribution is -2.37. The average Bonchev–Trinajstić information content (AvgIpc) is 2.62. The molecule has 0 aliphatic carbocycles. The van der Waals surface area contributed by atoms with Crippen LogP contribution in [0.4, 0.5) is 0 Å². The van der Waals surface area contributed by atoms with Crippen molar-refractivity contribution in [3.8, 4) is 0 Å². The van der Waals surface area contributed by atoms with Crippen LogP contribution in [0.1, 0.15) is 32.3 Å². The lowest BCUT2D eigenvalue weighted by Gasteiger charge is -2.15. The number of rotatable bonds is 11. The van der Waals surface area contributed by atoms with Gasteiger partial charge < -0.3 is 15.4 Å². The van der Waals surface area contributed by atoms with E-state index < -0.39 is 10.0 Å². The SMILES string of the molecule is CCNC(=NCc1ccccc1S(=O)(=O)N(C)C)NCCCCOCC.I. The van der Waals surface area contributed by atoms with Crippen LogP contribution in [0.15, 0.2) is 34.2 Å². The molecule has 7 nitrogen and oxygen atoms in total. The molecule has 0 saturated carbocycles. The molecule has 0 atom stereocenters. The zero-order valence-electron chi connectivity index (χ0n) is 16.7. The van der Waals surface area contributed by atoms with Gasteiger partial charge >= 0.3 is 0 Å². The van der Waals surface area contributed by atoms with Gasteiger partial charge in [0.1, 0.15) is 0 Å². The molecular weight excluding hydrogens is 479 g/mol. The van der Waals surface area contributed by atoms with E-state index in [-0.39, 0.29) is 30.5 Å². The maximum absolute atomic E-state index is 12.5. The molecule has 0 amide bonds. The summed E-state index contributed by atoms with van der Waals surface area (Å²) in [5, 5.41) is 6.46. The first-order valence-electron chi connectivity index (χ1n) is 9.03. The first kappa shape index (κ1) is 26.1. The van der Waals surface area contributed by atoms with Crippen LogP contribution in [-0.4, -0.2) is 59.1 Å². The lowest BCUT2D eigenvalue weighted by molar-refractivity contribution is 0.143. The maximum Gasteiger partial charge on any atom is 0.242 e. The van der Waals surface area contributed by atoms with Crippen LogP contribution in [0.2, 0.25) is 0 Å². The number of benzene rings is 1. The molecule has 0 radical (unpaired) electrons. The Morgan fingerprint density at radius 1 is 1.15 bits per heavy atom. The lowest BCUT2D eigenvalue weighted by atomic mass is 10.2. The molecule has 1 aromatic rings. The van der Waals surface area contributed by atoms with Crippen LogP contribution in [0.5, 0.6) is 0 Å². The van der Waals surface area contributed by atoms with E-state index in [1.165, 1.54) is 18.4 Å². The second kappa shape index (κ2) is 14.1. The van der Waals surface area contributed by atoms with Gasteiger partial charge in [-0.3, -0.25) is 0 Å². The smallest absolute Gasteiger partial charge is 0.242 e. The van der Waals surface area contributed by atoms with Crippen molar-refractivity contribution < 1.29 is 13.2 Å². The van der Waals surface area contributed by atoms with Crippen molar-refractivity contribution in [1.82, 2.24) is 14.9 Å². The highest BCUT2D eigenvalue weighted by atomic mass is 127. The van der Waals surface area contributed by atoms with Crippen LogP contribution in [-0.2, 0) is 21.3 Å². The highest BCUT2D eigenvalue weighted by Gasteiger charge is 2.20. The Morgan fingerprint density at radius 2 is 1.85 bits per heavy atom. The van der Waals surface area contributed by atoms with E-state index in [1.807, 2.05) is 19.9 Å². The Bertz CT molecular complexity index is 666. The molecule has 1 rings (SSSR count). The minimum absolute atomic E-state index is 0. The average molecular weight is 512 g/mol. The fourth-order valence-electron chi connectivity index (χ4n) is 2.27. The van der Waals surface area contributed by atoms with E-state index >= 15 is 0 Å². The minimum atomic E-state index is -3.49.